The van der Waals surface area contributed by atoms with Crippen LogP contribution < -0.4 is 4.90 Å². The lowest BCUT2D eigenvalue weighted by Crippen LogP contribution is -2.31. The van der Waals surface area contributed by atoms with Crippen LogP contribution in [-0.2, 0) is 6.61 Å². The van der Waals surface area contributed by atoms with Gasteiger partial charge < -0.3 is 10.0 Å². The van der Waals surface area contributed by atoms with Crippen LogP contribution in [0.2, 0.25) is 0 Å². The van der Waals surface area contributed by atoms with Crippen LogP contribution in [0.3, 0.4) is 0 Å². The van der Waals surface area contributed by atoms with Gasteiger partial charge in [-0.2, -0.15) is 0 Å². The third-order valence-corrected chi connectivity index (χ3v) is 3.32. The molecule has 0 aliphatic rings. The molecule has 0 amide bonds. The van der Waals surface area contributed by atoms with Gasteiger partial charge in [-0.1, -0.05) is 13.8 Å². The lowest BCUT2D eigenvalue weighted by atomic mass is 10.0. The minimum absolute atomic E-state index is 0.0144. The van der Waals surface area contributed by atoms with Crippen molar-refractivity contribution in [1.29, 1.82) is 0 Å². The number of hydrogen-bond acceptors (Lipinski definition) is 3. The molecule has 0 fully saturated rings. The maximum atomic E-state index is 9.37. The number of aliphatic hydroxyl groups is 1. The zero-order chi connectivity index (χ0) is 13.0. The molecule has 0 radical (unpaired) electrons. The second kappa shape index (κ2) is 6.36. The largest absolute Gasteiger partial charge is 0.392 e. The molecule has 17 heavy (non-hydrogen) atoms. The molecule has 0 aromatic carbocycles. The summed E-state index contributed by atoms with van der Waals surface area (Å²) in [7, 11) is 2.03. The summed E-state index contributed by atoms with van der Waals surface area (Å²) in [5.74, 6) is 1.52. The zero-order valence-corrected chi connectivity index (χ0v) is 12.5. The van der Waals surface area contributed by atoms with E-state index in [9.17, 15) is 5.11 Å². The Morgan fingerprint density at radius 1 is 1.41 bits per heavy atom. The van der Waals surface area contributed by atoms with Crippen LogP contribution in [-0.4, -0.2) is 23.2 Å². The summed E-state index contributed by atoms with van der Waals surface area (Å²) in [6, 6.07) is 2.33. The minimum atomic E-state index is 0.0144. The quantitative estimate of drug-likeness (QED) is 0.907. The maximum Gasteiger partial charge on any atom is 0.134 e. The van der Waals surface area contributed by atoms with Crippen LogP contribution in [0.15, 0.2) is 16.7 Å². The lowest BCUT2D eigenvalue weighted by Gasteiger charge is -2.28. The molecule has 0 bridgehead atoms. The molecular formula is C13H21BrN2O. The summed E-state index contributed by atoms with van der Waals surface area (Å²) in [6.45, 7) is 6.63. The fourth-order valence-corrected chi connectivity index (χ4v) is 2.34. The molecule has 1 aromatic rings. The van der Waals surface area contributed by atoms with E-state index in [-0.39, 0.29) is 6.61 Å². The molecule has 96 valence electrons. The van der Waals surface area contributed by atoms with E-state index in [1.807, 2.05) is 13.1 Å². The van der Waals surface area contributed by atoms with Crippen molar-refractivity contribution in [2.24, 2.45) is 5.92 Å². The number of hydrogen-bond donors (Lipinski definition) is 1. The minimum Gasteiger partial charge on any atom is -0.392 e. The molecule has 0 saturated carbocycles. The van der Waals surface area contributed by atoms with Crippen molar-refractivity contribution in [2.45, 2.75) is 39.8 Å². The molecule has 3 nitrogen and oxygen atoms in total. The summed E-state index contributed by atoms with van der Waals surface area (Å²) >= 11 is 3.37. The van der Waals surface area contributed by atoms with Crippen molar-refractivity contribution in [2.75, 3.05) is 11.9 Å². The number of pyridine rings is 1. The summed E-state index contributed by atoms with van der Waals surface area (Å²) in [4.78, 5) is 6.53. The van der Waals surface area contributed by atoms with Crippen LogP contribution in [0.25, 0.3) is 0 Å². The SMILES string of the molecule is CC(C)CC(C)N(C)c1ncc(Br)cc1CO. The van der Waals surface area contributed by atoms with E-state index in [1.165, 1.54) is 0 Å². The molecule has 1 atom stereocenters. The van der Waals surface area contributed by atoms with E-state index in [0.717, 1.165) is 22.3 Å². The first kappa shape index (κ1) is 14.5. The molecule has 1 unspecified atom stereocenters. The van der Waals surface area contributed by atoms with Gasteiger partial charge >= 0.3 is 0 Å². The number of rotatable bonds is 5. The van der Waals surface area contributed by atoms with E-state index < -0.39 is 0 Å². The van der Waals surface area contributed by atoms with Crippen LogP contribution in [0.1, 0.15) is 32.8 Å². The fourth-order valence-electron chi connectivity index (χ4n) is 1.96. The standard InChI is InChI=1S/C13H21BrN2O/c1-9(2)5-10(3)16(4)13-11(8-17)6-12(14)7-15-13/h6-7,9-10,17H,5,8H2,1-4H3. The lowest BCUT2D eigenvalue weighted by molar-refractivity contribution is 0.281. The molecule has 1 heterocycles. The molecule has 1 N–H and O–H groups in total. The first-order valence-corrected chi connectivity index (χ1v) is 6.73. The van der Waals surface area contributed by atoms with Crippen LogP contribution in [0.4, 0.5) is 5.82 Å². The normalized spacial score (nSPS) is 12.9. The highest BCUT2D eigenvalue weighted by atomic mass is 79.9. The number of anilines is 1. The summed E-state index contributed by atoms with van der Waals surface area (Å²) in [5.41, 5.74) is 0.859. The molecule has 0 aliphatic carbocycles. The van der Waals surface area contributed by atoms with Gasteiger partial charge in [0.25, 0.3) is 0 Å². The Morgan fingerprint density at radius 3 is 2.59 bits per heavy atom. The van der Waals surface area contributed by atoms with E-state index in [1.54, 1.807) is 6.20 Å². The Hall–Kier alpha value is -0.610. The first-order valence-electron chi connectivity index (χ1n) is 5.93. The Kier molecular flexibility index (Phi) is 5.40. The van der Waals surface area contributed by atoms with Crippen LogP contribution >= 0.6 is 15.9 Å². The topological polar surface area (TPSA) is 36.4 Å². The van der Waals surface area contributed by atoms with Crippen molar-refractivity contribution < 1.29 is 5.11 Å². The van der Waals surface area contributed by atoms with Crippen molar-refractivity contribution in [1.82, 2.24) is 4.98 Å². The third kappa shape index (κ3) is 3.96. The van der Waals surface area contributed by atoms with Gasteiger partial charge in [0.05, 0.1) is 6.61 Å². The van der Waals surface area contributed by atoms with Crippen molar-refractivity contribution in [3.8, 4) is 0 Å². The zero-order valence-electron chi connectivity index (χ0n) is 10.9. The van der Waals surface area contributed by atoms with Crippen molar-refractivity contribution in [3.63, 3.8) is 0 Å². The monoisotopic (exact) mass is 300 g/mol. The summed E-state index contributed by atoms with van der Waals surface area (Å²) in [5, 5.41) is 9.37. The molecule has 0 spiro atoms. The fraction of sp³-hybridized carbons (Fsp3) is 0.615. The van der Waals surface area contributed by atoms with Gasteiger partial charge in [0.2, 0.25) is 0 Å². The molecule has 0 saturated heterocycles. The molecule has 1 aromatic heterocycles. The number of aromatic nitrogens is 1. The number of halogens is 1. The van der Waals surface area contributed by atoms with Gasteiger partial charge in [0.1, 0.15) is 5.82 Å². The highest BCUT2D eigenvalue weighted by Gasteiger charge is 2.16. The molecule has 1 rings (SSSR count). The molecular weight excluding hydrogens is 280 g/mol. The third-order valence-electron chi connectivity index (χ3n) is 2.89. The predicted molar refractivity (Wildman–Crippen MR) is 75.2 cm³/mol. The van der Waals surface area contributed by atoms with E-state index >= 15 is 0 Å². The van der Waals surface area contributed by atoms with E-state index in [0.29, 0.717) is 12.0 Å². The van der Waals surface area contributed by atoms with E-state index in [2.05, 4.69) is 46.6 Å². The van der Waals surface area contributed by atoms with Gasteiger partial charge in [-0.3, -0.25) is 0 Å². The van der Waals surface area contributed by atoms with Crippen molar-refractivity contribution >= 4 is 21.7 Å². The van der Waals surface area contributed by atoms with Gasteiger partial charge in [-0.25, -0.2) is 4.98 Å². The van der Waals surface area contributed by atoms with Gasteiger partial charge in [-0.05, 0) is 41.3 Å². The highest BCUT2D eigenvalue weighted by Crippen LogP contribution is 2.23. The number of aliphatic hydroxyl groups excluding tert-OH is 1. The van der Waals surface area contributed by atoms with Crippen LogP contribution in [0, 0.1) is 5.92 Å². The average molecular weight is 301 g/mol. The van der Waals surface area contributed by atoms with Gasteiger partial charge in [-0.15, -0.1) is 0 Å². The predicted octanol–water partition coefficient (Wildman–Crippen LogP) is 3.21. The molecule has 0 aliphatic heterocycles. The average Bonchev–Trinajstić information content (AvgIpc) is 2.27. The summed E-state index contributed by atoms with van der Waals surface area (Å²) < 4.78 is 0.898. The van der Waals surface area contributed by atoms with E-state index in [4.69, 9.17) is 0 Å². The van der Waals surface area contributed by atoms with Gasteiger partial charge in [0, 0.05) is 29.3 Å². The Balaban J connectivity index is 2.91. The maximum absolute atomic E-state index is 9.37. The Morgan fingerprint density at radius 2 is 2.06 bits per heavy atom. The smallest absolute Gasteiger partial charge is 0.134 e. The second-order valence-corrected chi connectivity index (χ2v) is 5.80. The summed E-state index contributed by atoms with van der Waals surface area (Å²) in [6.07, 6.45) is 2.88. The first-order chi connectivity index (χ1) is 7.95. The number of nitrogens with zero attached hydrogens (tertiary/aromatic N) is 2. The Bertz CT molecular complexity index is 368. The second-order valence-electron chi connectivity index (χ2n) is 4.88. The molecule has 4 heteroatoms. The highest BCUT2D eigenvalue weighted by molar-refractivity contribution is 9.10. The van der Waals surface area contributed by atoms with Crippen molar-refractivity contribution in [3.05, 3.63) is 22.3 Å². The Labute approximate surface area is 112 Å². The van der Waals surface area contributed by atoms with Gasteiger partial charge in [0.15, 0.2) is 0 Å². The van der Waals surface area contributed by atoms with Crippen LogP contribution in [0.5, 0.6) is 0 Å².